The highest BCUT2D eigenvalue weighted by atomic mass is 16.5. The first kappa shape index (κ1) is 14.4. The van der Waals surface area contributed by atoms with Crippen molar-refractivity contribution >= 4 is 10.8 Å². The van der Waals surface area contributed by atoms with Gasteiger partial charge in [-0.2, -0.15) is 0 Å². The van der Waals surface area contributed by atoms with Crippen LogP contribution in [0.2, 0.25) is 0 Å². The van der Waals surface area contributed by atoms with Gasteiger partial charge in [-0.1, -0.05) is 24.3 Å². The summed E-state index contributed by atoms with van der Waals surface area (Å²) in [6, 6.07) is 18.5. The van der Waals surface area contributed by atoms with E-state index in [9.17, 15) is 0 Å². The second kappa shape index (κ2) is 6.08. The molecule has 3 nitrogen and oxygen atoms in total. The van der Waals surface area contributed by atoms with Gasteiger partial charge < -0.3 is 15.2 Å². The van der Waals surface area contributed by atoms with E-state index in [0.717, 1.165) is 33.6 Å². The number of rotatable bonds is 4. The van der Waals surface area contributed by atoms with Crippen LogP contribution in [-0.4, -0.2) is 14.2 Å². The largest absolute Gasteiger partial charge is 0.497 e. The van der Waals surface area contributed by atoms with Crippen LogP contribution in [0.1, 0.15) is 5.56 Å². The zero-order valence-electron chi connectivity index (χ0n) is 12.8. The molecule has 0 aliphatic heterocycles. The molecule has 0 atom stereocenters. The highest BCUT2D eigenvalue weighted by molar-refractivity contribution is 5.89. The molecule has 0 bridgehead atoms. The monoisotopic (exact) mass is 293 g/mol. The van der Waals surface area contributed by atoms with Crippen LogP contribution in [0.4, 0.5) is 0 Å². The summed E-state index contributed by atoms with van der Waals surface area (Å²) in [5.41, 5.74) is 9.26. The molecule has 3 aromatic rings. The van der Waals surface area contributed by atoms with Gasteiger partial charge in [-0.25, -0.2) is 0 Å². The molecule has 112 valence electrons. The molecule has 3 heteroatoms. The Morgan fingerprint density at radius 2 is 1.41 bits per heavy atom. The Morgan fingerprint density at radius 3 is 2.14 bits per heavy atom. The lowest BCUT2D eigenvalue weighted by atomic mass is 9.97. The van der Waals surface area contributed by atoms with Gasteiger partial charge in [-0.3, -0.25) is 0 Å². The summed E-state index contributed by atoms with van der Waals surface area (Å²) >= 11 is 0. The second-order valence-corrected chi connectivity index (χ2v) is 5.16. The number of ether oxygens (including phenoxy) is 2. The van der Waals surface area contributed by atoms with Crippen LogP contribution in [0.3, 0.4) is 0 Å². The minimum absolute atomic E-state index is 0.479. The predicted octanol–water partition coefficient (Wildman–Crippen LogP) is 3.98. The van der Waals surface area contributed by atoms with Crippen molar-refractivity contribution in [1.29, 1.82) is 0 Å². The van der Waals surface area contributed by atoms with Crippen molar-refractivity contribution in [2.75, 3.05) is 14.2 Å². The summed E-state index contributed by atoms with van der Waals surface area (Å²) in [7, 11) is 3.35. The van der Waals surface area contributed by atoms with E-state index in [1.54, 1.807) is 14.2 Å². The average Bonchev–Trinajstić information content (AvgIpc) is 2.60. The Bertz CT molecular complexity index is 812. The van der Waals surface area contributed by atoms with Crippen LogP contribution in [-0.2, 0) is 6.54 Å². The van der Waals surface area contributed by atoms with Crippen molar-refractivity contribution in [3.05, 3.63) is 60.2 Å². The van der Waals surface area contributed by atoms with Gasteiger partial charge in [0, 0.05) is 6.54 Å². The van der Waals surface area contributed by atoms with E-state index in [4.69, 9.17) is 15.2 Å². The van der Waals surface area contributed by atoms with Crippen LogP contribution < -0.4 is 15.2 Å². The average molecular weight is 293 g/mol. The summed E-state index contributed by atoms with van der Waals surface area (Å²) in [6.45, 7) is 0.479. The highest BCUT2D eigenvalue weighted by Gasteiger charge is 2.07. The maximum Gasteiger partial charge on any atom is 0.119 e. The smallest absolute Gasteiger partial charge is 0.119 e. The summed E-state index contributed by atoms with van der Waals surface area (Å²) in [6.07, 6.45) is 0. The van der Waals surface area contributed by atoms with Crippen molar-refractivity contribution in [2.45, 2.75) is 6.54 Å². The molecule has 0 saturated heterocycles. The molecular weight excluding hydrogens is 274 g/mol. The minimum Gasteiger partial charge on any atom is -0.497 e. The van der Waals surface area contributed by atoms with Crippen molar-refractivity contribution in [2.24, 2.45) is 5.73 Å². The van der Waals surface area contributed by atoms with E-state index in [2.05, 4.69) is 30.3 Å². The first-order valence-electron chi connectivity index (χ1n) is 7.20. The van der Waals surface area contributed by atoms with Gasteiger partial charge in [-0.05, 0) is 57.8 Å². The summed E-state index contributed by atoms with van der Waals surface area (Å²) in [5.74, 6) is 1.70. The first-order chi connectivity index (χ1) is 10.7. The Morgan fingerprint density at radius 1 is 0.773 bits per heavy atom. The molecule has 2 N–H and O–H groups in total. The zero-order valence-corrected chi connectivity index (χ0v) is 12.8. The topological polar surface area (TPSA) is 44.5 Å². The molecule has 0 heterocycles. The first-order valence-corrected chi connectivity index (χ1v) is 7.20. The fraction of sp³-hybridized carbons (Fsp3) is 0.158. The van der Waals surface area contributed by atoms with Crippen LogP contribution in [0.5, 0.6) is 11.5 Å². The van der Waals surface area contributed by atoms with Crippen LogP contribution in [0, 0.1) is 0 Å². The van der Waals surface area contributed by atoms with Gasteiger partial charge in [0.15, 0.2) is 0 Å². The molecule has 22 heavy (non-hydrogen) atoms. The molecule has 0 aromatic heterocycles. The lowest BCUT2D eigenvalue weighted by Gasteiger charge is -2.11. The Kier molecular flexibility index (Phi) is 3.98. The molecule has 0 aliphatic carbocycles. The molecule has 0 radical (unpaired) electrons. The van der Waals surface area contributed by atoms with E-state index < -0.39 is 0 Å². The summed E-state index contributed by atoms with van der Waals surface area (Å²) in [4.78, 5) is 0. The van der Waals surface area contributed by atoms with Crippen molar-refractivity contribution in [3.63, 3.8) is 0 Å². The zero-order chi connectivity index (χ0) is 15.5. The maximum atomic E-state index is 5.89. The molecule has 0 saturated carbocycles. The van der Waals surface area contributed by atoms with Crippen molar-refractivity contribution in [1.82, 2.24) is 0 Å². The SMILES string of the molecule is COc1ccc(-c2ccc3cc(OC)ccc3c2)c(CN)c1. The van der Waals surface area contributed by atoms with E-state index >= 15 is 0 Å². The molecule has 3 rings (SSSR count). The Balaban J connectivity index is 2.10. The van der Waals surface area contributed by atoms with Gasteiger partial charge in [0.25, 0.3) is 0 Å². The molecule has 0 unspecified atom stereocenters. The highest BCUT2D eigenvalue weighted by Crippen LogP contribution is 2.30. The van der Waals surface area contributed by atoms with E-state index in [1.807, 2.05) is 24.3 Å². The third-order valence-corrected chi connectivity index (χ3v) is 3.89. The van der Waals surface area contributed by atoms with Gasteiger partial charge in [0.2, 0.25) is 0 Å². The number of methoxy groups -OCH3 is 2. The van der Waals surface area contributed by atoms with Gasteiger partial charge in [-0.15, -0.1) is 0 Å². The van der Waals surface area contributed by atoms with E-state index in [1.165, 1.54) is 5.39 Å². The third kappa shape index (κ3) is 2.63. The molecule has 3 aromatic carbocycles. The maximum absolute atomic E-state index is 5.89. The number of hydrogen-bond donors (Lipinski definition) is 1. The number of fused-ring (bicyclic) bond motifs is 1. The lowest BCUT2D eigenvalue weighted by molar-refractivity contribution is 0.414. The quantitative estimate of drug-likeness (QED) is 0.791. The standard InChI is InChI=1S/C19H19NO2/c1-21-17-6-5-13-9-15(4-3-14(13)10-17)19-8-7-18(22-2)11-16(19)12-20/h3-11H,12,20H2,1-2H3. The van der Waals surface area contributed by atoms with Crippen LogP contribution >= 0.6 is 0 Å². The van der Waals surface area contributed by atoms with Gasteiger partial charge >= 0.3 is 0 Å². The van der Waals surface area contributed by atoms with E-state index in [0.29, 0.717) is 6.54 Å². The third-order valence-electron chi connectivity index (χ3n) is 3.89. The molecule has 0 amide bonds. The van der Waals surface area contributed by atoms with Crippen LogP contribution in [0.15, 0.2) is 54.6 Å². The lowest BCUT2D eigenvalue weighted by Crippen LogP contribution is -1.99. The number of nitrogens with two attached hydrogens (primary N) is 1. The Hall–Kier alpha value is -2.52. The molecule has 0 fully saturated rings. The predicted molar refractivity (Wildman–Crippen MR) is 90.4 cm³/mol. The fourth-order valence-corrected chi connectivity index (χ4v) is 2.67. The normalized spacial score (nSPS) is 10.7. The van der Waals surface area contributed by atoms with Crippen molar-refractivity contribution in [3.8, 4) is 22.6 Å². The second-order valence-electron chi connectivity index (χ2n) is 5.16. The molecular formula is C19H19NO2. The van der Waals surface area contributed by atoms with Crippen molar-refractivity contribution < 1.29 is 9.47 Å². The van der Waals surface area contributed by atoms with Gasteiger partial charge in [0.1, 0.15) is 11.5 Å². The summed E-state index contributed by atoms with van der Waals surface area (Å²) in [5, 5.41) is 2.34. The number of hydrogen-bond acceptors (Lipinski definition) is 3. The Labute approximate surface area is 130 Å². The fourth-order valence-electron chi connectivity index (χ4n) is 2.67. The van der Waals surface area contributed by atoms with Crippen LogP contribution in [0.25, 0.3) is 21.9 Å². The number of benzene rings is 3. The molecule has 0 spiro atoms. The summed E-state index contributed by atoms with van der Waals surface area (Å²) < 4.78 is 10.5. The van der Waals surface area contributed by atoms with E-state index in [-0.39, 0.29) is 0 Å². The minimum atomic E-state index is 0.479. The molecule has 0 aliphatic rings. The van der Waals surface area contributed by atoms with Gasteiger partial charge in [0.05, 0.1) is 14.2 Å².